The Labute approximate surface area is 57.0 Å². The highest BCUT2D eigenvalue weighted by Gasteiger charge is 2.05. The van der Waals surface area contributed by atoms with Crippen LogP contribution in [-0.4, -0.2) is 10.2 Å². The Morgan fingerprint density at radius 1 is 1.70 bits per heavy atom. The van der Waals surface area contributed by atoms with Crippen molar-refractivity contribution in [1.29, 1.82) is 0 Å². The maximum absolute atomic E-state index is 5.45. The number of fused-ring (bicyclic) bond motifs is 1. The molecule has 0 bridgehead atoms. The first-order valence-corrected chi connectivity index (χ1v) is 2.97. The average molecular weight is 137 g/mol. The highest BCUT2D eigenvalue weighted by molar-refractivity contribution is 5.83. The first-order chi connectivity index (χ1) is 4.77. The molecule has 2 heterocycles. The second kappa shape index (κ2) is 1.53. The Balaban J connectivity index is 2.90. The molecule has 2 aromatic heterocycles. The lowest BCUT2D eigenvalue weighted by Gasteiger charge is -1.79. The molecule has 2 aromatic rings. The van der Waals surface area contributed by atoms with E-state index in [2.05, 4.69) is 10.2 Å². The maximum Gasteiger partial charge on any atom is 0.195 e. The van der Waals surface area contributed by atoms with Crippen LogP contribution in [0, 0.1) is 6.92 Å². The average Bonchev–Trinajstić information content (AvgIpc) is 2.35. The van der Waals surface area contributed by atoms with Gasteiger partial charge in [0.15, 0.2) is 11.4 Å². The lowest BCUT2D eigenvalue weighted by Crippen LogP contribution is -1.83. The second-order valence-corrected chi connectivity index (χ2v) is 2.21. The molecule has 0 amide bonds. The van der Waals surface area contributed by atoms with Crippen molar-refractivity contribution in [2.24, 2.45) is 0 Å². The van der Waals surface area contributed by atoms with Crippen LogP contribution < -0.4 is 5.73 Å². The molecule has 0 aliphatic heterocycles. The Hall–Kier alpha value is -1.45. The van der Waals surface area contributed by atoms with Gasteiger partial charge in [-0.05, 0) is 6.92 Å². The van der Waals surface area contributed by atoms with Crippen molar-refractivity contribution < 1.29 is 4.42 Å². The number of nitrogens with zero attached hydrogens (tertiary/aromatic N) is 1. The van der Waals surface area contributed by atoms with Gasteiger partial charge in [0.1, 0.15) is 11.3 Å². The number of aromatic amines is 1. The van der Waals surface area contributed by atoms with Gasteiger partial charge in [-0.2, -0.15) is 5.10 Å². The minimum atomic E-state index is 0.420. The fourth-order valence-corrected chi connectivity index (χ4v) is 0.959. The van der Waals surface area contributed by atoms with Gasteiger partial charge < -0.3 is 10.2 Å². The molecular formula is C6H7N3O. The van der Waals surface area contributed by atoms with Crippen LogP contribution >= 0.6 is 0 Å². The number of hydrogen-bond donors (Lipinski definition) is 2. The molecule has 0 spiro atoms. The van der Waals surface area contributed by atoms with Crippen LogP contribution in [0.15, 0.2) is 10.5 Å². The summed E-state index contributed by atoms with van der Waals surface area (Å²) in [4.78, 5) is 0. The van der Waals surface area contributed by atoms with Gasteiger partial charge in [0, 0.05) is 6.07 Å². The van der Waals surface area contributed by atoms with Gasteiger partial charge in [0.2, 0.25) is 0 Å². The minimum Gasteiger partial charge on any atom is -0.456 e. The van der Waals surface area contributed by atoms with Gasteiger partial charge in [-0.15, -0.1) is 0 Å². The Bertz CT molecular complexity index is 360. The first-order valence-electron chi connectivity index (χ1n) is 2.97. The molecule has 2 rings (SSSR count). The number of aryl methyl sites for hydroxylation is 1. The molecule has 4 nitrogen and oxygen atoms in total. The van der Waals surface area contributed by atoms with E-state index in [1.807, 2.05) is 13.0 Å². The normalized spacial score (nSPS) is 10.9. The summed E-state index contributed by atoms with van der Waals surface area (Å²) in [6.45, 7) is 1.87. The number of aromatic nitrogens is 2. The largest absolute Gasteiger partial charge is 0.456 e. The van der Waals surface area contributed by atoms with E-state index in [0.29, 0.717) is 11.4 Å². The number of furan rings is 1. The second-order valence-electron chi connectivity index (χ2n) is 2.21. The van der Waals surface area contributed by atoms with E-state index in [1.54, 1.807) is 0 Å². The van der Waals surface area contributed by atoms with Crippen molar-refractivity contribution in [2.75, 3.05) is 5.73 Å². The molecule has 0 unspecified atom stereocenters. The SMILES string of the molecule is Cc1cc2[nH]nc(N)c2o1. The molecule has 3 N–H and O–H groups in total. The van der Waals surface area contributed by atoms with E-state index in [9.17, 15) is 0 Å². The summed E-state index contributed by atoms with van der Waals surface area (Å²) in [5, 5.41) is 6.50. The Kier molecular flexibility index (Phi) is 0.818. The van der Waals surface area contributed by atoms with E-state index in [4.69, 9.17) is 10.2 Å². The van der Waals surface area contributed by atoms with E-state index >= 15 is 0 Å². The lowest BCUT2D eigenvalue weighted by atomic mass is 10.4. The number of nitrogen functional groups attached to an aromatic ring is 1. The molecule has 0 aliphatic carbocycles. The van der Waals surface area contributed by atoms with E-state index in [-0.39, 0.29) is 0 Å². The zero-order chi connectivity index (χ0) is 7.14. The van der Waals surface area contributed by atoms with Crippen molar-refractivity contribution in [3.63, 3.8) is 0 Å². The van der Waals surface area contributed by atoms with Crippen LogP contribution in [0.4, 0.5) is 5.82 Å². The van der Waals surface area contributed by atoms with Crippen LogP contribution in [-0.2, 0) is 0 Å². The van der Waals surface area contributed by atoms with Crippen LogP contribution in [0.3, 0.4) is 0 Å². The summed E-state index contributed by atoms with van der Waals surface area (Å²) < 4.78 is 5.22. The zero-order valence-corrected chi connectivity index (χ0v) is 5.51. The molecule has 0 saturated carbocycles. The predicted molar refractivity (Wildman–Crippen MR) is 37.5 cm³/mol. The molecule has 4 heteroatoms. The number of anilines is 1. The Morgan fingerprint density at radius 3 is 3.20 bits per heavy atom. The van der Waals surface area contributed by atoms with Crippen molar-refractivity contribution in [2.45, 2.75) is 6.92 Å². The number of rotatable bonds is 0. The van der Waals surface area contributed by atoms with Crippen LogP contribution in [0.25, 0.3) is 11.1 Å². The zero-order valence-electron chi connectivity index (χ0n) is 5.51. The van der Waals surface area contributed by atoms with Crippen LogP contribution in [0.2, 0.25) is 0 Å². The van der Waals surface area contributed by atoms with Crippen molar-refractivity contribution in [1.82, 2.24) is 10.2 Å². The Morgan fingerprint density at radius 2 is 2.50 bits per heavy atom. The molecule has 10 heavy (non-hydrogen) atoms. The maximum atomic E-state index is 5.45. The minimum absolute atomic E-state index is 0.420. The summed E-state index contributed by atoms with van der Waals surface area (Å²) in [6, 6.07) is 1.86. The van der Waals surface area contributed by atoms with E-state index in [1.165, 1.54) is 0 Å². The third-order valence-electron chi connectivity index (χ3n) is 1.38. The predicted octanol–water partition coefficient (Wildman–Crippen LogP) is 1.05. The number of H-pyrrole nitrogens is 1. The molecule has 0 fully saturated rings. The van der Waals surface area contributed by atoms with Crippen molar-refractivity contribution in [3.05, 3.63) is 11.8 Å². The van der Waals surface area contributed by atoms with E-state index < -0.39 is 0 Å². The third kappa shape index (κ3) is 0.528. The fraction of sp³-hybridized carbons (Fsp3) is 0.167. The van der Waals surface area contributed by atoms with Gasteiger partial charge >= 0.3 is 0 Å². The van der Waals surface area contributed by atoms with Gasteiger partial charge in [0.05, 0.1) is 0 Å². The molecule has 0 aliphatic rings. The smallest absolute Gasteiger partial charge is 0.195 e. The van der Waals surface area contributed by atoms with Gasteiger partial charge in [0.25, 0.3) is 0 Å². The van der Waals surface area contributed by atoms with Gasteiger partial charge in [-0.3, -0.25) is 5.10 Å². The standard InChI is InChI=1S/C6H7N3O/c1-3-2-4-5(10-3)6(7)9-8-4/h2H,1H3,(H3,7,8,9). The molecule has 0 saturated heterocycles. The quantitative estimate of drug-likeness (QED) is 0.570. The van der Waals surface area contributed by atoms with Gasteiger partial charge in [-0.25, -0.2) is 0 Å². The molecule has 0 radical (unpaired) electrons. The lowest BCUT2D eigenvalue weighted by molar-refractivity contribution is 0.579. The van der Waals surface area contributed by atoms with Crippen LogP contribution in [0.5, 0.6) is 0 Å². The third-order valence-corrected chi connectivity index (χ3v) is 1.38. The highest BCUT2D eigenvalue weighted by Crippen LogP contribution is 2.20. The molecular weight excluding hydrogens is 130 g/mol. The number of hydrogen-bond acceptors (Lipinski definition) is 3. The summed E-state index contributed by atoms with van der Waals surface area (Å²) in [5.74, 6) is 1.26. The molecule has 52 valence electrons. The topological polar surface area (TPSA) is 67.8 Å². The van der Waals surface area contributed by atoms with Crippen molar-refractivity contribution in [3.8, 4) is 0 Å². The van der Waals surface area contributed by atoms with E-state index in [0.717, 1.165) is 11.3 Å². The summed E-state index contributed by atoms with van der Waals surface area (Å²) in [5.41, 5.74) is 6.96. The number of nitrogens with one attached hydrogen (secondary N) is 1. The summed E-state index contributed by atoms with van der Waals surface area (Å²) in [6.07, 6.45) is 0. The van der Waals surface area contributed by atoms with Crippen molar-refractivity contribution >= 4 is 16.9 Å². The highest BCUT2D eigenvalue weighted by atomic mass is 16.3. The monoisotopic (exact) mass is 137 g/mol. The fourth-order valence-electron chi connectivity index (χ4n) is 0.959. The summed E-state index contributed by atoms with van der Waals surface area (Å²) >= 11 is 0. The molecule has 0 aromatic carbocycles. The first kappa shape index (κ1) is 5.34. The van der Waals surface area contributed by atoms with Gasteiger partial charge in [-0.1, -0.05) is 0 Å². The number of nitrogens with two attached hydrogens (primary N) is 1. The molecule has 0 atom stereocenters. The summed E-state index contributed by atoms with van der Waals surface area (Å²) in [7, 11) is 0. The van der Waals surface area contributed by atoms with Crippen LogP contribution in [0.1, 0.15) is 5.76 Å².